The first-order valence-electron chi connectivity index (χ1n) is 8.22. The predicted octanol–water partition coefficient (Wildman–Crippen LogP) is 2.92. The number of nitrogens with one attached hydrogen (secondary N) is 1. The first-order chi connectivity index (χ1) is 12.5. The van der Waals surface area contributed by atoms with Gasteiger partial charge in [-0.2, -0.15) is 8.78 Å². The third kappa shape index (κ3) is 4.19. The second kappa shape index (κ2) is 7.99. The smallest absolute Gasteiger partial charge is 0.387 e. The number of halogens is 2. The van der Waals surface area contributed by atoms with Crippen molar-refractivity contribution in [1.29, 1.82) is 0 Å². The van der Waals surface area contributed by atoms with E-state index >= 15 is 0 Å². The van der Waals surface area contributed by atoms with Crippen molar-refractivity contribution in [3.63, 3.8) is 0 Å². The average molecular weight is 364 g/mol. The van der Waals surface area contributed by atoms with Crippen molar-refractivity contribution in [1.82, 2.24) is 10.2 Å². The molecular weight excluding hydrogens is 346 g/mol. The molecule has 1 N–H and O–H groups in total. The van der Waals surface area contributed by atoms with Crippen LogP contribution in [0.4, 0.5) is 8.78 Å². The van der Waals surface area contributed by atoms with Crippen LogP contribution in [-0.4, -0.2) is 42.5 Å². The minimum atomic E-state index is -3.00. The average Bonchev–Trinajstić information content (AvgIpc) is 3.16. The molecule has 0 unspecified atom stereocenters. The molecular formula is C18H18F2N2O4. The molecule has 0 saturated carbocycles. The van der Waals surface area contributed by atoms with E-state index in [9.17, 15) is 18.4 Å². The fourth-order valence-electron chi connectivity index (χ4n) is 2.90. The van der Waals surface area contributed by atoms with Crippen LogP contribution in [0.15, 0.2) is 47.1 Å². The Morgan fingerprint density at radius 3 is 2.54 bits per heavy atom. The van der Waals surface area contributed by atoms with Crippen LogP contribution in [-0.2, 0) is 0 Å². The van der Waals surface area contributed by atoms with Gasteiger partial charge in [0.15, 0.2) is 5.76 Å². The molecule has 26 heavy (non-hydrogen) atoms. The lowest BCUT2D eigenvalue weighted by molar-refractivity contribution is -0.0501. The van der Waals surface area contributed by atoms with Gasteiger partial charge < -0.3 is 19.4 Å². The first kappa shape index (κ1) is 17.9. The highest BCUT2D eigenvalue weighted by atomic mass is 19.3. The Labute approximate surface area is 148 Å². The van der Waals surface area contributed by atoms with E-state index in [2.05, 4.69) is 10.1 Å². The lowest BCUT2D eigenvalue weighted by atomic mass is 10.0. The lowest BCUT2D eigenvalue weighted by Crippen LogP contribution is -2.46. The number of hydrogen-bond acceptors (Lipinski definition) is 4. The van der Waals surface area contributed by atoms with Gasteiger partial charge in [-0.05, 0) is 37.1 Å². The molecule has 2 amide bonds. The minimum Gasteiger partial charge on any atom is -0.459 e. The molecule has 1 aliphatic heterocycles. The molecule has 3 rings (SSSR count). The Morgan fingerprint density at radius 1 is 1.15 bits per heavy atom. The number of nitrogens with zero attached hydrogens (tertiary/aromatic N) is 1. The van der Waals surface area contributed by atoms with Gasteiger partial charge in [0, 0.05) is 19.1 Å². The molecule has 1 fully saturated rings. The fraction of sp³-hybridized carbons (Fsp3) is 0.333. The Hall–Kier alpha value is -2.90. The number of rotatable bonds is 5. The number of ether oxygens (including phenoxy) is 1. The number of hydrogen-bond donors (Lipinski definition) is 1. The van der Waals surface area contributed by atoms with Crippen molar-refractivity contribution in [3.05, 3.63) is 54.0 Å². The Balaban J connectivity index is 1.56. The van der Waals surface area contributed by atoms with Crippen LogP contribution in [0.1, 0.15) is 33.8 Å². The van der Waals surface area contributed by atoms with E-state index in [0.29, 0.717) is 25.9 Å². The van der Waals surface area contributed by atoms with Gasteiger partial charge >= 0.3 is 6.61 Å². The van der Waals surface area contributed by atoms with Gasteiger partial charge in [-0.3, -0.25) is 9.59 Å². The summed E-state index contributed by atoms with van der Waals surface area (Å²) in [7, 11) is 0. The molecule has 0 bridgehead atoms. The number of benzene rings is 1. The third-order valence-corrected chi connectivity index (χ3v) is 4.20. The number of piperidine rings is 1. The zero-order valence-corrected chi connectivity index (χ0v) is 13.9. The Kier molecular flexibility index (Phi) is 5.50. The number of carbonyl (C=O) groups is 2. The molecule has 0 radical (unpaired) electrons. The summed E-state index contributed by atoms with van der Waals surface area (Å²) in [5.41, 5.74) is 0.0573. The maximum atomic E-state index is 12.5. The highest BCUT2D eigenvalue weighted by molar-refractivity contribution is 5.97. The van der Waals surface area contributed by atoms with Crippen LogP contribution in [0.25, 0.3) is 0 Å². The monoisotopic (exact) mass is 364 g/mol. The van der Waals surface area contributed by atoms with Gasteiger partial charge in [-0.1, -0.05) is 12.1 Å². The van der Waals surface area contributed by atoms with Crippen LogP contribution in [0, 0.1) is 0 Å². The van der Waals surface area contributed by atoms with Crippen LogP contribution < -0.4 is 10.1 Å². The first-order valence-corrected chi connectivity index (χ1v) is 8.22. The van der Waals surface area contributed by atoms with Crippen molar-refractivity contribution in [2.45, 2.75) is 25.5 Å². The molecule has 6 nitrogen and oxygen atoms in total. The highest BCUT2D eigenvalue weighted by Crippen LogP contribution is 2.21. The Morgan fingerprint density at radius 2 is 1.88 bits per heavy atom. The topological polar surface area (TPSA) is 71.8 Å². The van der Waals surface area contributed by atoms with Gasteiger partial charge in [0.2, 0.25) is 0 Å². The highest BCUT2D eigenvalue weighted by Gasteiger charge is 2.26. The van der Waals surface area contributed by atoms with Crippen molar-refractivity contribution < 1.29 is 27.5 Å². The summed E-state index contributed by atoms with van der Waals surface area (Å²) in [6.45, 7) is -2.06. The second-order valence-corrected chi connectivity index (χ2v) is 5.89. The van der Waals surface area contributed by atoms with E-state index in [1.807, 2.05) is 0 Å². The summed E-state index contributed by atoms with van der Waals surface area (Å²) in [6.07, 6.45) is 2.57. The quantitative estimate of drug-likeness (QED) is 0.886. The minimum absolute atomic E-state index is 0.0573. The summed E-state index contributed by atoms with van der Waals surface area (Å²) < 4.78 is 34.4. The number of amides is 2. The molecule has 1 aromatic carbocycles. The van der Waals surface area contributed by atoms with E-state index in [-0.39, 0.29) is 29.0 Å². The summed E-state index contributed by atoms with van der Waals surface area (Å²) in [5, 5.41) is 2.82. The van der Waals surface area contributed by atoms with E-state index in [0.717, 1.165) is 0 Å². The lowest BCUT2D eigenvalue weighted by Gasteiger charge is -2.32. The van der Waals surface area contributed by atoms with E-state index < -0.39 is 12.5 Å². The molecule has 0 spiro atoms. The summed E-state index contributed by atoms with van der Waals surface area (Å²) in [6, 6.07) is 8.97. The summed E-state index contributed by atoms with van der Waals surface area (Å²) in [4.78, 5) is 26.3. The third-order valence-electron chi connectivity index (χ3n) is 4.20. The van der Waals surface area contributed by atoms with Crippen LogP contribution in [0.3, 0.4) is 0 Å². The van der Waals surface area contributed by atoms with Gasteiger partial charge in [-0.15, -0.1) is 0 Å². The number of para-hydroxylation sites is 1. The molecule has 1 aliphatic rings. The number of furan rings is 1. The molecule has 1 aromatic heterocycles. The number of carbonyl (C=O) groups excluding carboxylic acids is 2. The maximum absolute atomic E-state index is 12.5. The number of likely N-dealkylation sites (tertiary alicyclic amines) is 1. The Bertz CT molecular complexity index is 756. The largest absolute Gasteiger partial charge is 0.459 e. The maximum Gasteiger partial charge on any atom is 0.387 e. The molecule has 0 atom stereocenters. The standard InChI is InChI=1S/C18H18F2N2O4/c19-18(20)26-14-5-2-1-4-13(14)16(23)21-12-7-9-22(10-8-12)17(24)15-6-3-11-25-15/h1-6,11-12,18H,7-10H2,(H,21,23). The van der Waals surface area contributed by atoms with Crippen LogP contribution in [0.2, 0.25) is 0 Å². The zero-order chi connectivity index (χ0) is 18.5. The van der Waals surface area contributed by atoms with Crippen LogP contribution >= 0.6 is 0 Å². The molecule has 138 valence electrons. The molecule has 2 heterocycles. The van der Waals surface area contributed by atoms with Crippen molar-refractivity contribution >= 4 is 11.8 Å². The molecule has 1 saturated heterocycles. The van der Waals surface area contributed by atoms with E-state index in [1.54, 1.807) is 23.1 Å². The summed E-state index contributed by atoms with van der Waals surface area (Å²) >= 11 is 0. The summed E-state index contributed by atoms with van der Waals surface area (Å²) in [5.74, 6) is -0.538. The van der Waals surface area contributed by atoms with Gasteiger partial charge in [-0.25, -0.2) is 0 Å². The van der Waals surface area contributed by atoms with Crippen molar-refractivity contribution in [2.75, 3.05) is 13.1 Å². The van der Waals surface area contributed by atoms with E-state index in [1.165, 1.54) is 24.5 Å². The molecule has 8 heteroatoms. The number of alkyl halides is 2. The van der Waals surface area contributed by atoms with Crippen molar-refractivity contribution in [3.8, 4) is 5.75 Å². The van der Waals surface area contributed by atoms with Crippen LogP contribution in [0.5, 0.6) is 5.75 Å². The SMILES string of the molecule is O=C(NC1CCN(C(=O)c2ccco2)CC1)c1ccccc1OC(F)F. The fourth-order valence-corrected chi connectivity index (χ4v) is 2.90. The molecule has 0 aliphatic carbocycles. The van der Waals surface area contributed by atoms with Gasteiger partial charge in [0.1, 0.15) is 5.75 Å². The van der Waals surface area contributed by atoms with Gasteiger partial charge in [0.05, 0.1) is 11.8 Å². The normalized spacial score (nSPS) is 15.1. The van der Waals surface area contributed by atoms with Crippen molar-refractivity contribution in [2.24, 2.45) is 0 Å². The molecule has 2 aromatic rings. The van der Waals surface area contributed by atoms with Gasteiger partial charge in [0.25, 0.3) is 11.8 Å². The second-order valence-electron chi connectivity index (χ2n) is 5.89. The zero-order valence-electron chi connectivity index (χ0n) is 13.9. The predicted molar refractivity (Wildman–Crippen MR) is 88.2 cm³/mol. The van der Waals surface area contributed by atoms with E-state index in [4.69, 9.17) is 4.42 Å².